The van der Waals surface area contributed by atoms with Crippen LogP contribution in [0.3, 0.4) is 0 Å². The molecule has 0 N–H and O–H groups in total. The minimum absolute atomic E-state index is 0. The molecule has 0 saturated carbocycles. The number of halogens is 3. The Kier molecular flexibility index (Phi) is 6.13. The molecule has 124 valence electrons. The first-order valence-corrected chi connectivity index (χ1v) is 11.8. The number of allylic oxidation sites excluding steroid dienone is 4. The largest absolute Gasteiger partial charge is 1.00 e. The third kappa shape index (κ3) is 3.39. The summed E-state index contributed by atoms with van der Waals surface area (Å²) < 4.78 is 6.01. The molecule has 5 rings (SSSR count). The monoisotopic (exact) mass is 524 g/mol. The van der Waals surface area contributed by atoms with Gasteiger partial charge in [0.2, 0.25) is 0 Å². The minimum Gasteiger partial charge on any atom is -1.00 e. The molecule has 0 amide bonds. The Bertz CT molecular complexity index is 1020. The van der Waals surface area contributed by atoms with Gasteiger partial charge in [-0.1, -0.05) is 0 Å². The smallest absolute Gasteiger partial charge is 1.00 e. The van der Waals surface area contributed by atoms with Crippen molar-refractivity contribution in [1.82, 2.24) is 0 Å². The van der Waals surface area contributed by atoms with E-state index in [1.165, 1.54) is 32.3 Å². The van der Waals surface area contributed by atoms with Crippen LogP contribution in [0.5, 0.6) is 0 Å². The Morgan fingerprint density at radius 2 is 1.96 bits per heavy atom. The van der Waals surface area contributed by atoms with Crippen molar-refractivity contribution in [3.8, 4) is 11.1 Å². The van der Waals surface area contributed by atoms with Crippen molar-refractivity contribution in [2.45, 2.75) is 12.8 Å². The molecular weight excluding hydrogens is 514 g/mol. The summed E-state index contributed by atoms with van der Waals surface area (Å²) >= 11 is 4.94. The summed E-state index contributed by atoms with van der Waals surface area (Å²) in [6.07, 6.45) is 9.14. The first kappa shape index (κ1) is 19.6. The molecule has 0 radical (unpaired) electrons. The number of hydrogen-bond acceptors (Lipinski definition) is 1. The van der Waals surface area contributed by atoms with E-state index in [9.17, 15) is 0 Å². The second-order valence-electron chi connectivity index (χ2n) is 6.01. The minimum atomic E-state index is -0.678. The normalized spacial score (nSPS) is 13.6. The molecule has 2 aromatic carbocycles. The van der Waals surface area contributed by atoms with Crippen molar-refractivity contribution in [3.63, 3.8) is 0 Å². The third-order valence-electron chi connectivity index (χ3n) is 4.54. The molecule has 0 saturated heterocycles. The van der Waals surface area contributed by atoms with Crippen LogP contribution in [0.2, 0.25) is 0 Å². The quantitative estimate of drug-likeness (QED) is 0.339. The van der Waals surface area contributed by atoms with E-state index in [1.54, 1.807) is 16.8 Å². The molecule has 2 aliphatic carbocycles. The first-order valence-electron chi connectivity index (χ1n) is 7.75. The predicted octanol–water partition coefficient (Wildman–Crippen LogP) is -0.205. The van der Waals surface area contributed by atoms with E-state index in [4.69, 9.17) is 0 Å². The van der Waals surface area contributed by atoms with Crippen molar-refractivity contribution in [1.29, 1.82) is 0 Å². The predicted molar refractivity (Wildman–Crippen MR) is 99.2 cm³/mol. The van der Waals surface area contributed by atoms with Gasteiger partial charge < -0.3 is 24.8 Å². The van der Waals surface area contributed by atoms with Gasteiger partial charge in [-0.3, -0.25) is 0 Å². The summed E-state index contributed by atoms with van der Waals surface area (Å²) in [5.41, 5.74) is 4.47. The van der Waals surface area contributed by atoms with Crippen LogP contribution in [0.4, 0.5) is 0 Å². The van der Waals surface area contributed by atoms with Crippen LogP contribution in [0, 0.1) is 0 Å². The Balaban J connectivity index is 0.000000911. The number of benzene rings is 2. The fraction of sp³-hybridized carbons (Fsp3) is 0.100. The van der Waals surface area contributed by atoms with E-state index in [2.05, 4.69) is 70.6 Å². The topological polar surface area (TPSA) is 0 Å². The zero-order chi connectivity index (χ0) is 15.4. The molecule has 1 aromatic heterocycles. The molecule has 0 atom stereocenters. The number of fused-ring (bicyclic) bond motifs is 5. The maximum absolute atomic E-state index is 3.62. The van der Waals surface area contributed by atoms with E-state index in [1.807, 2.05) is 11.3 Å². The van der Waals surface area contributed by atoms with Gasteiger partial charge in [-0.05, 0) is 0 Å². The van der Waals surface area contributed by atoms with Gasteiger partial charge in [0, 0.05) is 0 Å². The van der Waals surface area contributed by atoms with E-state index in [0.29, 0.717) is 0 Å². The number of thiophene rings is 1. The van der Waals surface area contributed by atoms with Gasteiger partial charge in [0.1, 0.15) is 0 Å². The number of rotatable bonds is 2. The van der Waals surface area contributed by atoms with Gasteiger partial charge in [-0.25, -0.2) is 0 Å². The Morgan fingerprint density at radius 1 is 1.08 bits per heavy atom. The van der Waals surface area contributed by atoms with Crippen LogP contribution >= 0.6 is 27.3 Å². The molecule has 5 heteroatoms. The van der Waals surface area contributed by atoms with Crippen LogP contribution in [0.15, 0.2) is 62.4 Å². The third-order valence-corrected chi connectivity index (χ3v) is 9.58. The van der Waals surface area contributed by atoms with Gasteiger partial charge in [0.25, 0.3) is 0 Å². The average Bonchev–Trinajstić information content (AvgIpc) is 3.21. The fourth-order valence-electron chi connectivity index (χ4n) is 3.55. The molecule has 0 fully saturated rings. The summed E-state index contributed by atoms with van der Waals surface area (Å²) in [5, 5.41) is 1.56. The van der Waals surface area contributed by atoms with Crippen LogP contribution in [-0.2, 0) is 29.7 Å². The summed E-state index contributed by atoms with van der Waals surface area (Å²) in [5.74, 6) is 0. The van der Waals surface area contributed by atoms with Crippen molar-refractivity contribution < 1.29 is 48.0 Å². The van der Waals surface area contributed by atoms with E-state index < -0.39 is 23.2 Å². The standard InChI is InChI=1S/C15H8BrS.C5H5.2ClH.Zr/c16-10-5-6-11-9(7-10)8-14-15(11)12-3-1-2-4-13(12)17-14;1-2-4-5-3-1;;;/h1-2,4-7H,8H2;1-3H,4H2;2*1H;/q;;;;+2/p-2. The molecule has 0 aliphatic heterocycles. The van der Waals surface area contributed by atoms with Crippen LogP contribution < -0.4 is 28.1 Å². The van der Waals surface area contributed by atoms with Crippen molar-refractivity contribution in [2.24, 2.45) is 0 Å². The van der Waals surface area contributed by atoms with Gasteiger partial charge in [-0.2, -0.15) is 0 Å². The summed E-state index contributed by atoms with van der Waals surface area (Å²) in [7, 11) is 0. The van der Waals surface area contributed by atoms with Crippen molar-refractivity contribution in [3.05, 3.63) is 72.8 Å². The molecule has 0 spiro atoms. The van der Waals surface area contributed by atoms with Gasteiger partial charge in [-0.15, -0.1) is 0 Å². The Hall–Kier alpha value is -0.177. The van der Waals surface area contributed by atoms with Crippen molar-refractivity contribution in [2.75, 3.05) is 0 Å². The fourth-order valence-corrected chi connectivity index (χ4v) is 8.67. The molecule has 1 heterocycles. The van der Waals surface area contributed by atoms with E-state index >= 15 is 0 Å². The summed E-state index contributed by atoms with van der Waals surface area (Å²) in [6, 6.07) is 13.7. The van der Waals surface area contributed by atoms with Gasteiger partial charge in [0.15, 0.2) is 0 Å². The number of hydrogen-bond donors (Lipinski definition) is 0. The maximum atomic E-state index is 3.62. The molecule has 3 aromatic rings. The summed E-state index contributed by atoms with van der Waals surface area (Å²) in [6.45, 7) is 0. The van der Waals surface area contributed by atoms with Crippen LogP contribution in [0.25, 0.3) is 21.2 Å². The van der Waals surface area contributed by atoms with Gasteiger partial charge >= 0.3 is 161 Å². The Morgan fingerprint density at radius 3 is 2.76 bits per heavy atom. The molecule has 0 unspecified atom stereocenters. The Labute approximate surface area is 183 Å². The zero-order valence-corrected chi connectivity index (χ0v) is 19.5. The molecule has 0 bridgehead atoms. The van der Waals surface area contributed by atoms with Crippen LogP contribution in [-0.4, -0.2) is 0 Å². The van der Waals surface area contributed by atoms with Crippen LogP contribution in [0.1, 0.15) is 16.9 Å². The maximum Gasteiger partial charge on any atom is -1.00 e. The summed E-state index contributed by atoms with van der Waals surface area (Å²) in [4.78, 5) is 1.55. The molecular formula is C20H13BrCl2SZr. The SMILES string of the molecule is Brc1ccc2c(c1)Cc1sc3ccc[c]([Zr+2][C]4=CC=CC4)c3c1-2.[Cl-].[Cl-]. The van der Waals surface area contributed by atoms with E-state index in [0.717, 1.165) is 6.42 Å². The van der Waals surface area contributed by atoms with E-state index in [-0.39, 0.29) is 24.8 Å². The zero-order valence-electron chi connectivity index (χ0n) is 13.2. The second kappa shape index (κ2) is 7.82. The van der Waals surface area contributed by atoms with Crippen molar-refractivity contribution >= 4 is 40.6 Å². The average molecular weight is 527 g/mol. The second-order valence-corrected chi connectivity index (χ2v) is 11.6. The molecule has 2 aliphatic rings. The van der Waals surface area contributed by atoms with Gasteiger partial charge in [0.05, 0.1) is 0 Å². The first-order chi connectivity index (χ1) is 11.3. The molecule has 25 heavy (non-hydrogen) atoms. The molecule has 0 nitrogen and oxygen atoms in total.